The van der Waals surface area contributed by atoms with Gasteiger partial charge in [-0.2, -0.15) is 5.26 Å². The van der Waals surface area contributed by atoms with Crippen LogP contribution >= 0.6 is 11.6 Å². The molecule has 15 heavy (non-hydrogen) atoms. The van der Waals surface area contributed by atoms with Crippen LogP contribution in [-0.4, -0.2) is 12.1 Å². The van der Waals surface area contributed by atoms with Crippen LogP contribution in [0.4, 0.5) is 0 Å². The van der Waals surface area contributed by atoms with Crippen LogP contribution in [-0.2, 0) is 6.42 Å². The second-order valence-electron chi connectivity index (χ2n) is 3.18. The van der Waals surface area contributed by atoms with Gasteiger partial charge >= 0.3 is 0 Å². The summed E-state index contributed by atoms with van der Waals surface area (Å²) in [7, 11) is 1.57. The van der Waals surface area contributed by atoms with Gasteiger partial charge < -0.3 is 9.72 Å². The molecule has 1 heterocycles. The van der Waals surface area contributed by atoms with E-state index in [0.29, 0.717) is 17.2 Å². The zero-order valence-electron chi connectivity index (χ0n) is 8.17. The Kier molecular flexibility index (Phi) is 2.53. The molecule has 0 amide bonds. The number of benzene rings is 1. The first-order chi connectivity index (χ1) is 7.26. The van der Waals surface area contributed by atoms with Gasteiger partial charge in [0.1, 0.15) is 5.75 Å². The van der Waals surface area contributed by atoms with Crippen LogP contribution in [0.1, 0.15) is 5.56 Å². The van der Waals surface area contributed by atoms with Crippen molar-refractivity contribution in [3.05, 3.63) is 28.9 Å². The molecule has 4 heteroatoms. The third kappa shape index (κ3) is 1.64. The van der Waals surface area contributed by atoms with Crippen molar-refractivity contribution in [2.45, 2.75) is 6.42 Å². The number of aromatic nitrogens is 1. The van der Waals surface area contributed by atoms with Crippen molar-refractivity contribution < 1.29 is 4.74 Å². The Labute approximate surface area is 92.2 Å². The van der Waals surface area contributed by atoms with E-state index in [4.69, 9.17) is 21.6 Å². The summed E-state index contributed by atoms with van der Waals surface area (Å²) >= 11 is 5.98. The molecule has 0 aliphatic rings. The molecule has 2 aromatic rings. The van der Waals surface area contributed by atoms with Crippen LogP contribution in [0.15, 0.2) is 18.3 Å². The molecule has 3 nitrogen and oxygen atoms in total. The number of rotatable bonds is 2. The highest BCUT2D eigenvalue weighted by molar-refractivity contribution is 6.32. The Balaban J connectivity index is 2.65. The van der Waals surface area contributed by atoms with Gasteiger partial charge in [0.05, 0.1) is 24.6 Å². The highest BCUT2D eigenvalue weighted by Gasteiger charge is 2.08. The molecule has 0 aliphatic carbocycles. The standard InChI is InChI=1S/C11H9ClN2O/c1-15-11-4-8-7(2-3-13)6-14-10(8)5-9(11)12/h4-6,14H,2H2,1H3. The van der Waals surface area contributed by atoms with Crippen molar-refractivity contribution in [3.8, 4) is 11.8 Å². The van der Waals surface area contributed by atoms with Crippen molar-refractivity contribution in [1.29, 1.82) is 5.26 Å². The Morgan fingerprint density at radius 3 is 3.00 bits per heavy atom. The number of hydrogen-bond acceptors (Lipinski definition) is 2. The first-order valence-electron chi connectivity index (χ1n) is 4.46. The number of halogens is 1. The van der Waals surface area contributed by atoms with Gasteiger partial charge in [-0.25, -0.2) is 0 Å². The van der Waals surface area contributed by atoms with Crippen molar-refractivity contribution in [2.75, 3.05) is 7.11 Å². The molecule has 0 unspecified atom stereocenters. The molecule has 0 saturated heterocycles. The van der Waals surface area contributed by atoms with Crippen LogP contribution < -0.4 is 4.74 Å². The molecule has 2 rings (SSSR count). The number of aromatic amines is 1. The van der Waals surface area contributed by atoms with Gasteiger partial charge in [-0.15, -0.1) is 0 Å². The van der Waals surface area contributed by atoms with E-state index in [1.165, 1.54) is 0 Å². The number of nitriles is 1. The SMILES string of the molecule is COc1cc2c(CC#N)c[nH]c2cc1Cl. The first-order valence-corrected chi connectivity index (χ1v) is 4.84. The van der Waals surface area contributed by atoms with Crippen LogP contribution in [0, 0.1) is 11.3 Å². The van der Waals surface area contributed by atoms with Gasteiger partial charge in [-0.1, -0.05) is 11.6 Å². The molecule has 1 aromatic heterocycles. The van der Waals surface area contributed by atoms with Gasteiger partial charge in [-0.05, 0) is 17.7 Å². The highest BCUT2D eigenvalue weighted by Crippen LogP contribution is 2.31. The van der Waals surface area contributed by atoms with E-state index >= 15 is 0 Å². The van der Waals surface area contributed by atoms with Crippen molar-refractivity contribution in [3.63, 3.8) is 0 Å². The monoisotopic (exact) mass is 220 g/mol. The molecular weight excluding hydrogens is 212 g/mol. The van der Waals surface area contributed by atoms with E-state index in [1.54, 1.807) is 13.2 Å². The second kappa shape index (κ2) is 3.84. The summed E-state index contributed by atoms with van der Waals surface area (Å²) in [6, 6.07) is 5.77. The average Bonchev–Trinajstić information content (AvgIpc) is 2.60. The normalized spacial score (nSPS) is 10.2. The summed E-state index contributed by atoms with van der Waals surface area (Å²) in [5.74, 6) is 0.628. The maximum Gasteiger partial charge on any atom is 0.138 e. The number of H-pyrrole nitrogens is 1. The van der Waals surface area contributed by atoms with Crippen LogP contribution in [0.2, 0.25) is 5.02 Å². The summed E-state index contributed by atoms with van der Waals surface area (Å²) in [6.45, 7) is 0. The Morgan fingerprint density at radius 2 is 2.33 bits per heavy atom. The van der Waals surface area contributed by atoms with E-state index in [-0.39, 0.29) is 0 Å². The molecule has 0 radical (unpaired) electrons. The number of nitrogens with one attached hydrogen (secondary N) is 1. The Bertz CT molecular complexity index is 539. The first kappa shape index (κ1) is 9.88. The minimum Gasteiger partial charge on any atom is -0.495 e. The summed E-state index contributed by atoms with van der Waals surface area (Å²) in [4.78, 5) is 3.07. The summed E-state index contributed by atoms with van der Waals surface area (Å²) < 4.78 is 5.13. The molecular formula is C11H9ClN2O. The minimum absolute atomic E-state index is 0.380. The van der Waals surface area contributed by atoms with Crippen LogP contribution in [0.25, 0.3) is 10.9 Å². The summed E-state index contributed by atoms with van der Waals surface area (Å²) in [5, 5.41) is 10.2. The molecule has 0 spiro atoms. The van der Waals surface area contributed by atoms with Crippen LogP contribution in [0.3, 0.4) is 0 Å². The third-order valence-electron chi connectivity index (χ3n) is 2.31. The quantitative estimate of drug-likeness (QED) is 0.846. The predicted octanol–water partition coefficient (Wildman–Crippen LogP) is 2.90. The molecule has 0 bridgehead atoms. The molecule has 0 atom stereocenters. The van der Waals surface area contributed by atoms with Crippen LogP contribution in [0.5, 0.6) is 5.75 Å². The van der Waals surface area contributed by atoms with Gasteiger partial charge in [0.2, 0.25) is 0 Å². The fourth-order valence-corrected chi connectivity index (χ4v) is 1.81. The van der Waals surface area contributed by atoms with Gasteiger partial charge in [-0.3, -0.25) is 0 Å². The van der Waals surface area contributed by atoms with Crippen molar-refractivity contribution in [1.82, 2.24) is 4.98 Å². The summed E-state index contributed by atoms with van der Waals surface area (Å²) in [6.07, 6.45) is 2.20. The van der Waals surface area contributed by atoms with Crippen molar-refractivity contribution >= 4 is 22.5 Å². The van der Waals surface area contributed by atoms with Gasteiger partial charge in [0, 0.05) is 17.1 Å². The third-order valence-corrected chi connectivity index (χ3v) is 2.60. The minimum atomic E-state index is 0.380. The molecule has 0 aliphatic heterocycles. The lowest BCUT2D eigenvalue weighted by molar-refractivity contribution is 0.415. The maximum atomic E-state index is 8.66. The number of methoxy groups -OCH3 is 1. The number of ether oxygens (including phenoxy) is 1. The van der Waals surface area contributed by atoms with E-state index < -0.39 is 0 Å². The lowest BCUT2D eigenvalue weighted by Gasteiger charge is -2.03. The molecule has 76 valence electrons. The van der Waals surface area contributed by atoms with E-state index in [9.17, 15) is 0 Å². The molecule has 0 saturated carbocycles. The van der Waals surface area contributed by atoms with Gasteiger partial charge in [0.25, 0.3) is 0 Å². The fourth-order valence-electron chi connectivity index (χ4n) is 1.57. The second-order valence-corrected chi connectivity index (χ2v) is 3.59. The van der Waals surface area contributed by atoms with E-state index in [2.05, 4.69) is 11.1 Å². The summed E-state index contributed by atoms with van der Waals surface area (Å²) in [5.41, 5.74) is 1.88. The molecule has 1 aromatic carbocycles. The lowest BCUT2D eigenvalue weighted by atomic mass is 10.1. The topological polar surface area (TPSA) is 48.8 Å². The number of hydrogen-bond donors (Lipinski definition) is 1. The predicted molar refractivity (Wildman–Crippen MR) is 59.2 cm³/mol. The van der Waals surface area contributed by atoms with Crippen molar-refractivity contribution in [2.24, 2.45) is 0 Å². The number of nitrogens with zero attached hydrogens (tertiary/aromatic N) is 1. The van der Waals surface area contributed by atoms with E-state index in [0.717, 1.165) is 16.5 Å². The lowest BCUT2D eigenvalue weighted by Crippen LogP contribution is -1.85. The molecule has 1 N–H and O–H groups in total. The average molecular weight is 221 g/mol. The van der Waals surface area contributed by atoms with E-state index in [1.807, 2.05) is 12.3 Å². The Hall–Kier alpha value is -1.66. The smallest absolute Gasteiger partial charge is 0.138 e. The number of fused-ring (bicyclic) bond motifs is 1. The van der Waals surface area contributed by atoms with Gasteiger partial charge in [0.15, 0.2) is 0 Å². The largest absolute Gasteiger partial charge is 0.495 e. The highest BCUT2D eigenvalue weighted by atomic mass is 35.5. The zero-order valence-corrected chi connectivity index (χ0v) is 8.93. The maximum absolute atomic E-state index is 8.66. The Morgan fingerprint density at radius 1 is 1.53 bits per heavy atom. The fraction of sp³-hybridized carbons (Fsp3) is 0.182. The molecule has 0 fully saturated rings. The zero-order chi connectivity index (χ0) is 10.8.